The van der Waals surface area contributed by atoms with Crippen LogP contribution in [-0.2, 0) is 16.1 Å². The van der Waals surface area contributed by atoms with E-state index in [1.165, 1.54) is 6.42 Å². The van der Waals surface area contributed by atoms with Crippen molar-refractivity contribution >= 4 is 17.2 Å². The summed E-state index contributed by atoms with van der Waals surface area (Å²) in [5.74, 6) is 1.57. The molecular weight excluding hydrogens is 308 g/mol. The van der Waals surface area contributed by atoms with Crippen LogP contribution in [0.4, 0.5) is 0 Å². The number of aryl methyl sites for hydroxylation is 1. The van der Waals surface area contributed by atoms with Gasteiger partial charge in [0.25, 0.3) is 0 Å². The van der Waals surface area contributed by atoms with Crippen LogP contribution >= 0.6 is 11.3 Å². The molecule has 4 rings (SSSR count). The van der Waals surface area contributed by atoms with Crippen LogP contribution in [0.1, 0.15) is 36.4 Å². The van der Waals surface area contributed by atoms with E-state index in [0.717, 1.165) is 43.1 Å². The van der Waals surface area contributed by atoms with Crippen LogP contribution in [0, 0.1) is 24.7 Å². The standard InChI is InChI=1S/C18H24N2O2S/c1-12-11-23-17(19-12)10-20(9-15-3-2-6-22-15)18(21)16-8-13-4-5-14(16)7-13/h4-5,11,13-16H,2-3,6-10H2,1H3. The molecule has 23 heavy (non-hydrogen) atoms. The minimum absolute atomic E-state index is 0.174. The van der Waals surface area contributed by atoms with Gasteiger partial charge in [-0.25, -0.2) is 4.98 Å². The highest BCUT2D eigenvalue weighted by Gasteiger charge is 2.42. The Morgan fingerprint density at radius 1 is 1.43 bits per heavy atom. The Morgan fingerprint density at radius 2 is 2.35 bits per heavy atom. The smallest absolute Gasteiger partial charge is 0.226 e. The van der Waals surface area contributed by atoms with Gasteiger partial charge in [-0.1, -0.05) is 12.2 Å². The third kappa shape index (κ3) is 3.22. The van der Waals surface area contributed by atoms with Crippen molar-refractivity contribution < 1.29 is 9.53 Å². The molecule has 4 nitrogen and oxygen atoms in total. The van der Waals surface area contributed by atoms with Gasteiger partial charge < -0.3 is 9.64 Å². The summed E-state index contributed by atoms with van der Waals surface area (Å²) in [5.41, 5.74) is 1.04. The first-order chi connectivity index (χ1) is 11.2. The third-order valence-electron chi connectivity index (χ3n) is 5.35. The minimum Gasteiger partial charge on any atom is -0.376 e. The van der Waals surface area contributed by atoms with E-state index in [2.05, 4.69) is 22.5 Å². The quantitative estimate of drug-likeness (QED) is 0.778. The molecule has 124 valence electrons. The highest BCUT2D eigenvalue weighted by atomic mass is 32.1. The summed E-state index contributed by atoms with van der Waals surface area (Å²) in [4.78, 5) is 19.7. The molecule has 0 aromatic carbocycles. The number of aromatic nitrogens is 1. The number of rotatable bonds is 5. The number of carbonyl (C=O) groups excluding carboxylic acids is 1. The summed E-state index contributed by atoms with van der Waals surface area (Å²) in [6.07, 6.45) is 9.13. The van der Waals surface area contributed by atoms with Gasteiger partial charge in [0.15, 0.2) is 0 Å². The zero-order chi connectivity index (χ0) is 15.8. The Balaban J connectivity index is 1.48. The zero-order valence-corrected chi connectivity index (χ0v) is 14.4. The Kier molecular flexibility index (Phi) is 4.24. The molecule has 1 aliphatic heterocycles. The van der Waals surface area contributed by atoms with E-state index in [4.69, 9.17) is 4.74 Å². The van der Waals surface area contributed by atoms with Crippen molar-refractivity contribution in [1.82, 2.24) is 9.88 Å². The van der Waals surface area contributed by atoms with Gasteiger partial charge in [0.05, 0.1) is 12.6 Å². The van der Waals surface area contributed by atoms with Gasteiger partial charge >= 0.3 is 0 Å². The van der Waals surface area contributed by atoms with Gasteiger partial charge in [0.1, 0.15) is 5.01 Å². The fraction of sp³-hybridized carbons (Fsp3) is 0.667. The largest absolute Gasteiger partial charge is 0.376 e. The van der Waals surface area contributed by atoms with Crippen LogP contribution in [0.25, 0.3) is 0 Å². The lowest BCUT2D eigenvalue weighted by Gasteiger charge is -2.29. The molecule has 1 aromatic heterocycles. The molecule has 2 bridgehead atoms. The normalized spacial score (nSPS) is 31.9. The lowest BCUT2D eigenvalue weighted by Crippen LogP contribution is -2.41. The first kappa shape index (κ1) is 15.3. The van der Waals surface area contributed by atoms with Crippen molar-refractivity contribution in [2.75, 3.05) is 13.2 Å². The summed E-state index contributed by atoms with van der Waals surface area (Å²) in [7, 11) is 0. The van der Waals surface area contributed by atoms with Crippen molar-refractivity contribution in [2.45, 2.75) is 45.3 Å². The van der Waals surface area contributed by atoms with E-state index in [0.29, 0.717) is 24.3 Å². The Hall–Kier alpha value is -1.20. The van der Waals surface area contributed by atoms with Crippen molar-refractivity contribution in [2.24, 2.45) is 17.8 Å². The number of thiazole rings is 1. The van der Waals surface area contributed by atoms with Gasteiger partial charge in [-0.15, -0.1) is 11.3 Å². The molecule has 3 aliphatic rings. The fourth-order valence-corrected chi connectivity index (χ4v) is 4.99. The maximum atomic E-state index is 13.1. The highest BCUT2D eigenvalue weighted by Crippen LogP contribution is 2.44. The van der Waals surface area contributed by atoms with E-state index in [-0.39, 0.29) is 12.0 Å². The van der Waals surface area contributed by atoms with E-state index in [1.54, 1.807) is 11.3 Å². The SMILES string of the molecule is Cc1csc(CN(CC2CCCO2)C(=O)C2CC3C=CC2C3)n1. The maximum absolute atomic E-state index is 13.1. The van der Waals surface area contributed by atoms with Crippen LogP contribution < -0.4 is 0 Å². The summed E-state index contributed by atoms with van der Waals surface area (Å²) < 4.78 is 5.78. The van der Waals surface area contributed by atoms with Gasteiger partial charge in [-0.2, -0.15) is 0 Å². The molecule has 1 saturated heterocycles. The first-order valence-corrected chi connectivity index (χ1v) is 9.56. The summed E-state index contributed by atoms with van der Waals surface area (Å²) in [5, 5.41) is 3.09. The molecule has 0 N–H and O–H groups in total. The van der Waals surface area contributed by atoms with Gasteiger partial charge in [0, 0.05) is 30.1 Å². The van der Waals surface area contributed by atoms with E-state index < -0.39 is 0 Å². The lowest BCUT2D eigenvalue weighted by molar-refractivity contribution is -0.138. The number of allylic oxidation sites excluding steroid dienone is 2. The minimum atomic E-state index is 0.174. The van der Waals surface area contributed by atoms with Gasteiger partial charge in [-0.3, -0.25) is 4.79 Å². The second-order valence-electron chi connectivity index (χ2n) is 7.12. The molecule has 0 spiro atoms. The van der Waals surface area contributed by atoms with Crippen LogP contribution in [-0.4, -0.2) is 35.0 Å². The molecule has 1 amide bonds. The average Bonchev–Trinajstić information content (AvgIpc) is 3.31. The summed E-state index contributed by atoms with van der Waals surface area (Å²) in [6.45, 7) is 4.19. The van der Waals surface area contributed by atoms with Gasteiger partial charge in [0.2, 0.25) is 5.91 Å². The van der Waals surface area contributed by atoms with E-state index in [1.807, 2.05) is 11.8 Å². The molecule has 4 atom stereocenters. The monoisotopic (exact) mass is 332 g/mol. The predicted molar refractivity (Wildman–Crippen MR) is 90.1 cm³/mol. The van der Waals surface area contributed by atoms with Gasteiger partial charge in [-0.05, 0) is 44.4 Å². The van der Waals surface area contributed by atoms with E-state index >= 15 is 0 Å². The third-order valence-corrected chi connectivity index (χ3v) is 6.30. The first-order valence-electron chi connectivity index (χ1n) is 8.69. The second-order valence-corrected chi connectivity index (χ2v) is 8.07. The number of hydrogen-bond donors (Lipinski definition) is 0. The van der Waals surface area contributed by atoms with Crippen LogP contribution in [0.5, 0.6) is 0 Å². The van der Waals surface area contributed by atoms with Crippen molar-refractivity contribution in [1.29, 1.82) is 0 Å². The zero-order valence-electron chi connectivity index (χ0n) is 13.6. The Bertz CT molecular complexity index is 606. The molecule has 0 radical (unpaired) electrons. The molecule has 2 fully saturated rings. The van der Waals surface area contributed by atoms with Crippen LogP contribution in [0.2, 0.25) is 0 Å². The number of carbonyl (C=O) groups is 1. The molecule has 2 heterocycles. The molecule has 4 unspecified atom stereocenters. The molecule has 2 aliphatic carbocycles. The molecule has 1 saturated carbocycles. The second kappa shape index (κ2) is 6.36. The number of hydrogen-bond acceptors (Lipinski definition) is 4. The predicted octanol–water partition coefficient (Wildman–Crippen LogP) is 3.17. The van der Waals surface area contributed by atoms with Crippen LogP contribution in [0.15, 0.2) is 17.5 Å². The van der Waals surface area contributed by atoms with Crippen molar-refractivity contribution in [3.63, 3.8) is 0 Å². The highest BCUT2D eigenvalue weighted by molar-refractivity contribution is 7.09. The van der Waals surface area contributed by atoms with E-state index in [9.17, 15) is 4.79 Å². The number of amides is 1. The Labute approximate surface area is 141 Å². The molecule has 1 aromatic rings. The lowest BCUT2D eigenvalue weighted by atomic mass is 9.92. The number of fused-ring (bicyclic) bond motifs is 2. The summed E-state index contributed by atoms with van der Waals surface area (Å²) in [6, 6.07) is 0. The van der Waals surface area contributed by atoms with Crippen molar-refractivity contribution in [3.05, 3.63) is 28.2 Å². The Morgan fingerprint density at radius 3 is 2.96 bits per heavy atom. The number of nitrogens with zero attached hydrogens (tertiary/aromatic N) is 2. The van der Waals surface area contributed by atoms with Crippen molar-refractivity contribution in [3.8, 4) is 0 Å². The maximum Gasteiger partial charge on any atom is 0.226 e. The molecule has 5 heteroatoms. The topological polar surface area (TPSA) is 42.4 Å². The fourth-order valence-electron chi connectivity index (χ4n) is 4.20. The van der Waals surface area contributed by atoms with Crippen LogP contribution in [0.3, 0.4) is 0 Å². The summed E-state index contributed by atoms with van der Waals surface area (Å²) >= 11 is 1.65. The molecular formula is C18H24N2O2S. The number of ether oxygens (including phenoxy) is 1. The average molecular weight is 332 g/mol.